The molecule has 8 nitrogen and oxygen atoms in total. The van der Waals surface area contributed by atoms with Crippen LogP contribution in [0.4, 0.5) is 0 Å². The fourth-order valence-corrected chi connectivity index (χ4v) is 4.56. The smallest absolute Gasteiger partial charge is 0.306 e. The predicted molar refractivity (Wildman–Crippen MR) is 91.6 cm³/mol. The van der Waals surface area contributed by atoms with Gasteiger partial charge in [0.2, 0.25) is 10.0 Å². The topological polar surface area (TPSA) is 105 Å². The molecule has 1 unspecified atom stereocenters. The van der Waals surface area contributed by atoms with Crippen LogP contribution in [0.2, 0.25) is 0 Å². The maximum atomic E-state index is 12.8. The van der Waals surface area contributed by atoms with Crippen molar-refractivity contribution in [2.24, 2.45) is 5.92 Å². The third kappa shape index (κ3) is 3.25. The molecule has 0 saturated carbocycles. The van der Waals surface area contributed by atoms with Crippen molar-refractivity contribution in [3.05, 3.63) is 18.2 Å². The molecule has 136 valence electrons. The molecule has 0 spiro atoms. The number of aliphatic carboxylic acids is 1. The number of sulfonamides is 1. The molecule has 25 heavy (non-hydrogen) atoms. The molecule has 1 aliphatic heterocycles. The van der Waals surface area contributed by atoms with E-state index < -0.39 is 21.9 Å². The number of carboxylic acid groups (broad SMARTS) is 1. The first kappa shape index (κ1) is 17.8. The van der Waals surface area contributed by atoms with E-state index in [1.807, 2.05) is 6.92 Å². The first-order valence-corrected chi connectivity index (χ1v) is 9.86. The Bertz CT molecular complexity index is 885. The summed E-state index contributed by atoms with van der Waals surface area (Å²) in [4.78, 5) is 11.2. The minimum Gasteiger partial charge on any atom is -0.481 e. The van der Waals surface area contributed by atoms with Crippen molar-refractivity contribution >= 4 is 27.0 Å². The molecule has 0 aliphatic carbocycles. The van der Waals surface area contributed by atoms with Crippen molar-refractivity contribution in [1.82, 2.24) is 19.3 Å². The van der Waals surface area contributed by atoms with Crippen molar-refractivity contribution < 1.29 is 18.3 Å². The summed E-state index contributed by atoms with van der Waals surface area (Å²) < 4.78 is 28.8. The van der Waals surface area contributed by atoms with Crippen LogP contribution in [0, 0.1) is 5.92 Å². The lowest BCUT2D eigenvalue weighted by Crippen LogP contribution is -2.40. The zero-order valence-electron chi connectivity index (χ0n) is 14.3. The highest BCUT2D eigenvalue weighted by Gasteiger charge is 2.32. The van der Waals surface area contributed by atoms with E-state index in [9.17, 15) is 13.2 Å². The van der Waals surface area contributed by atoms with E-state index in [4.69, 9.17) is 5.11 Å². The van der Waals surface area contributed by atoms with E-state index in [-0.39, 0.29) is 24.0 Å². The molecule has 0 bridgehead atoms. The quantitative estimate of drug-likeness (QED) is 0.866. The number of hydrogen-bond acceptors (Lipinski definition) is 5. The van der Waals surface area contributed by atoms with Crippen LogP contribution in [-0.4, -0.2) is 51.9 Å². The lowest BCUT2D eigenvalue weighted by molar-refractivity contribution is -0.142. The van der Waals surface area contributed by atoms with E-state index in [2.05, 4.69) is 17.2 Å². The van der Waals surface area contributed by atoms with Crippen molar-refractivity contribution in [3.63, 3.8) is 0 Å². The molecular weight excluding hydrogens is 344 g/mol. The van der Waals surface area contributed by atoms with Gasteiger partial charge in [0.1, 0.15) is 5.52 Å². The van der Waals surface area contributed by atoms with Crippen LogP contribution in [0.3, 0.4) is 0 Å². The maximum absolute atomic E-state index is 12.8. The number of rotatable bonds is 5. The van der Waals surface area contributed by atoms with Gasteiger partial charge in [0.15, 0.2) is 0 Å². The van der Waals surface area contributed by atoms with Crippen LogP contribution in [0.5, 0.6) is 0 Å². The number of nitrogens with zero attached hydrogens (tertiary/aromatic N) is 4. The highest BCUT2D eigenvalue weighted by atomic mass is 32.2. The van der Waals surface area contributed by atoms with Crippen molar-refractivity contribution in [3.8, 4) is 0 Å². The third-order valence-corrected chi connectivity index (χ3v) is 6.79. The summed E-state index contributed by atoms with van der Waals surface area (Å²) in [6, 6.07) is 5.03. The summed E-state index contributed by atoms with van der Waals surface area (Å²) in [6.45, 7) is 4.52. The molecule has 1 fully saturated rings. The van der Waals surface area contributed by atoms with Gasteiger partial charge in [-0.3, -0.25) is 4.79 Å². The largest absolute Gasteiger partial charge is 0.481 e. The van der Waals surface area contributed by atoms with Gasteiger partial charge in [0.25, 0.3) is 0 Å². The first-order chi connectivity index (χ1) is 11.8. The molecule has 1 saturated heterocycles. The summed E-state index contributed by atoms with van der Waals surface area (Å²) >= 11 is 0. The molecule has 2 heterocycles. The molecular formula is C16H22N4O4S. The van der Waals surface area contributed by atoms with Crippen LogP contribution in [0.25, 0.3) is 11.0 Å². The summed E-state index contributed by atoms with van der Waals surface area (Å²) in [5.41, 5.74) is 1.35. The molecule has 1 atom stereocenters. The van der Waals surface area contributed by atoms with Gasteiger partial charge in [0, 0.05) is 13.1 Å². The second-order valence-electron chi connectivity index (χ2n) is 6.46. The number of piperidine rings is 1. The lowest BCUT2D eigenvalue weighted by atomic mass is 9.99. The molecule has 9 heteroatoms. The van der Waals surface area contributed by atoms with E-state index in [1.54, 1.807) is 22.9 Å². The first-order valence-electron chi connectivity index (χ1n) is 8.42. The normalized spacial score (nSPS) is 18.5. The molecule has 0 radical (unpaired) electrons. The standard InChI is InChI=1S/C16H22N4O4S/c1-3-11(2)20-15-5-4-13(10-14(15)17-18-20)25(23,24)19-8-6-12(7-9-19)16(21)22/h4-5,10-12H,3,6-9H2,1-2H3,(H,21,22). The minimum atomic E-state index is -3.66. The highest BCUT2D eigenvalue weighted by molar-refractivity contribution is 7.89. The van der Waals surface area contributed by atoms with Crippen LogP contribution in [0.15, 0.2) is 23.1 Å². The number of carbonyl (C=O) groups is 1. The average Bonchev–Trinajstić information content (AvgIpc) is 3.04. The molecule has 1 aromatic heterocycles. The summed E-state index contributed by atoms with van der Waals surface area (Å²) in [6.07, 6.45) is 1.57. The van der Waals surface area contributed by atoms with E-state index in [0.29, 0.717) is 18.4 Å². The van der Waals surface area contributed by atoms with Crippen molar-refractivity contribution in [2.45, 2.75) is 44.0 Å². The minimum absolute atomic E-state index is 0.171. The zero-order valence-corrected chi connectivity index (χ0v) is 15.1. The van der Waals surface area contributed by atoms with Gasteiger partial charge in [-0.15, -0.1) is 5.10 Å². The Kier molecular flexibility index (Phi) is 4.79. The fourth-order valence-electron chi connectivity index (χ4n) is 3.07. The molecule has 1 N–H and O–H groups in total. The van der Waals surface area contributed by atoms with Gasteiger partial charge in [-0.1, -0.05) is 12.1 Å². The fraction of sp³-hybridized carbons (Fsp3) is 0.562. The number of fused-ring (bicyclic) bond motifs is 1. The highest BCUT2D eigenvalue weighted by Crippen LogP contribution is 2.26. The molecule has 2 aromatic rings. The van der Waals surface area contributed by atoms with Crippen molar-refractivity contribution in [2.75, 3.05) is 13.1 Å². The van der Waals surface area contributed by atoms with Gasteiger partial charge >= 0.3 is 5.97 Å². The Morgan fingerprint density at radius 3 is 2.64 bits per heavy atom. The molecule has 0 amide bonds. The Hall–Kier alpha value is -2.00. The summed E-state index contributed by atoms with van der Waals surface area (Å²) in [5.74, 6) is -1.33. The lowest BCUT2D eigenvalue weighted by Gasteiger charge is -2.29. The van der Waals surface area contributed by atoms with E-state index >= 15 is 0 Å². The Balaban J connectivity index is 1.87. The van der Waals surface area contributed by atoms with Crippen LogP contribution in [-0.2, 0) is 14.8 Å². The van der Waals surface area contributed by atoms with Gasteiger partial charge in [-0.25, -0.2) is 13.1 Å². The van der Waals surface area contributed by atoms with E-state index in [1.165, 1.54) is 4.31 Å². The monoisotopic (exact) mass is 366 g/mol. The maximum Gasteiger partial charge on any atom is 0.306 e. The van der Waals surface area contributed by atoms with Crippen LogP contribution in [0.1, 0.15) is 39.2 Å². The van der Waals surface area contributed by atoms with Gasteiger partial charge in [-0.2, -0.15) is 4.31 Å². The van der Waals surface area contributed by atoms with E-state index in [0.717, 1.165) is 11.9 Å². The summed E-state index contributed by atoms with van der Waals surface area (Å²) in [5, 5.41) is 17.3. The number of aromatic nitrogens is 3. The number of carboxylic acids is 1. The number of hydrogen-bond donors (Lipinski definition) is 1. The van der Waals surface area contributed by atoms with Gasteiger partial charge in [-0.05, 0) is 44.4 Å². The molecule has 1 aromatic carbocycles. The van der Waals surface area contributed by atoms with Crippen LogP contribution >= 0.6 is 0 Å². The zero-order chi connectivity index (χ0) is 18.2. The second-order valence-corrected chi connectivity index (χ2v) is 8.40. The van der Waals surface area contributed by atoms with Gasteiger partial charge < -0.3 is 5.11 Å². The third-order valence-electron chi connectivity index (χ3n) is 4.89. The van der Waals surface area contributed by atoms with Crippen LogP contribution < -0.4 is 0 Å². The van der Waals surface area contributed by atoms with Crippen molar-refractivity contribution in [1.29, 1.82) is 0 Å². The number of benzene rings is 1. The Labute approximate surface area is 146 Å². The predicted octanol–water partition coefficient (Wildman–Crippen LogP) is 1.89. The second kappa shape index (κ2) is 6.72. The Morgan fingerprint density at radius 2 is 2.04 bits per heavy atom. The average molecular weight is 366 g/mol. The SMILES string of the molecule is CCC(C)n1nnc2cc(S(=O)(=O)N3CCC(C(=O)O)CC3)ccc21. The Morgan fingerprint density at radius 1 is 1.36 bits per heavy atom. The molecule has 3 rings (SSSR count). The summed E-state index contributed by atoms with van der Waals surface area (Å²) in [7, 11) is -3.66. The molecule has 1 aliphatic rings. The van der Waals surface area contributed by atoms with Gasteiger partial charge in [0.05, 0.1) is 22.4 Å².